The Balaban J connectivity index is 1.72. The average molecular weight is 180 g/mol. The molecule has 1 aliphatic rings. The first kappa shape index (κ1) is 8.75. The molecule has 0 atom stereocenters. The van der Waals surface area contributed by atoms with Gasteiger partial charge in [0.1, 0.15) is 0 Å². The Hall–Kier alpha value is -0.830. The number of aromatic amines is 1. The third-order valence-corrected chi connectivity index (χ3v) is 2.74. The van der Waals surface area contributed by atoms with E-state index in [4.69, 9.17) is 4.74 Å². The van der Waals surface area contributed by atoms with Gasteiger partial charge in [0.25, 0.3) is 0 Å². The molecule has 3 nitrogen and oxygen atoms in total. The fourth-order valence-electron chi connectivity index (χ4n) is 1.82. The van der Waals surface area contributed by atoms with E-state index >= 15 is 0 Å². The first-order valence-corrected chi connectivity index (χ1v) is 5.00. The summed E-state index contributed by atoms with van der Waals surface area (Å²) in [7, 11) is 0. The number of ether oxygens (including phenoxy) is 1. The molecule has 3 heteroatoms. The van der Waals surface area contributed by atoms with Gasteiger partial charge in [-0.15, -0.1) is 0 Å². The van der Waals surface area contributed by atoms with Gasteiger partial charge in [-0.05, 0) is 37.2 Å². The van der Waals surface area contributed by atoms with E-state index in [-0.39, 0.29) is 0 Å². The van der Waals surface area contributed by atoms with E-state index in [9.17, 15) is 0 Å². The van der Waals surface area contributed by atoms with Crippen molar-refractivity contribution in [2.45, 2.75) is 25.7 Å². The minimum absolute atomic E-state index is 0.864. The fraction of sp³-hybridized carbons (Fsp3) is 0.700. The predicted molar refractivity (Wildman–Crippen MR) is 50.5 cm³/mol. The quantitative estimate of drug-likeness (QED) is 0.769. The Bertz CT molecular complexity index is 227. The van der Waals surface area contributed by atoms with Crippen molar-refractivity contribution in [1.82, 2.24) is 10.2 Å². The maximum Gasteiger partial charge on any atom is 0.0519 e. The van der Waals surface area contributed by atoms with Crippen LogP contribution in [-0.2, 0) is 11.2 Å². The molecule has 1 aromatic rings. The molecule has 13 heavy (non-hydrogen) atoms. The second-order valence-electron chi connectivity index (χ2n) is 3.70. The minimum Gasteiger partial charge on any atom is -0.381 e. The maximum atomic E-state index is 5.32. The number of rotatable bonds is 3. The maximum absolute atomic E-state index is 5.32. The summed E-state index contributed by atoms with van der Waals surface area (Å²) in [5.74, 6) is 0.864. The van der Waals surface area contributed by atoms with Gasteiger partial charge in [0.2, 0.25) is 0 Å². The zero-order valence-electron chi connectivity index (χ0n) is 7.83. The molecular formula is C10H16N2O. The van der Waals surface area contributed by atoms with Crippen molar-refractivity contribution in [2.24, 2.45) is 5.92 Å². The van der Waals surface area contributed by atoms with Crippen LogP contribution in [0.4, 0.5) is 0 Å². The van der Waals surface area contributed by atoms with Crippen LogP contribution < -0.4 is 0 Å². The van der Waals surface area contributed by atoms with Crippen molar-refractivity contribution in [2.75, 3.05) is 13.2 Å². The van der Waals surface area contributed by atoms with Crippen LogP contribution in [0.1, 0.15) is 24.8 Å². The first-order valence-electron chi connectivity index (χ1n) is 5.00. The van der Waals surface area contributed by atoms with Gasteiger partial charge in [-0.2, -0.15) is 5.10 Å². The molecule has 0 amide bonds. The Kier molecular flexibility index (Phi) is 2.98. The molecule has 2 heterocycles. The van der Waals surface area contributed by atoms with E-state index in [1.54, 1.807) is 0 Å². The Morgan fingerprint density at radius 2 is 2.31 bits per heavy atom. The summed E-state index contributed by atoms with van der Waals surface area (Å²) in [4.78, 5) is 0. The van der Waals surface area contributed by atoms with Crippen molar-refractivity contribution in [3.05, 3.63) is 18.0 Å². The molecule has 1 aromatic heterocycles. The van der Waals surface area contributed by atoms with Crippen molar-refractivity contribution in [1.29, 1.82) is 0 Å². The molecule has 0 bridgehead atoms. The Labute approximate surface area is 78.5 Å². The Morgan fingerprint density at radius 1 is 1.46 bits per heavy atom. The molecule has 0 aliphatic carbocycles. The summed E-state index contributed by atoms with van der Waals surface area (Å²) >= 11 is 0. The van der Waals surface area contributed by atoms with Crippen molar-refractivity contribution < 1.29 is 4.74 Å². The second kappa shape index (κ2) is 4.42. The lowest BCUT2D eigenvalue weighted by Gasteiger charge is -2.21. The van der Waals surface area contributed by atoms with Gasteiger partial charge in [0.15, 0.2) is 0 Å². The summed E-state index contributed by atoms with van der Waals surface area (Å²) in [5, 5.41) is 6.78. The molecule has 2 rings (SSSR count). The van der Waals surface area contributed by atoms with Gasteiger partial charge in [0, 0.05) is 19.4 Å². The zero-order chi connectivity index (χ0) is 8.93. The Morgan fingerprint density at radius 3 is 3.00 bits per heavy atom. The molecule has 1 saturated heterocycles. The lowest BCUT2D eigenvalue weighted by molar-refractivity contribution is 0.0640. The highest BCUT2D eigenvalue weighted by atomic mass is 16.5. The minimum atomic E-state index is 0.864. The third kappa shape index (κ3) is 2.56. The molecule has 0 radical (unpaired) electrons. The normalized spacial score (nSPS) is 19.1. The van der Waals surface area contributed by atoms with E-state index in [0.29, 0.717) is 0 Å². The average Bonchev–Trinajstić information content (AvgIpc) is 2.69. The van der Waals surface area contributed by atoms with Crippen LogP contribution in [0.2, 0.25) is 0 Å². The molecule has 1 fully saturated rings. The largest absolute Gasteiger partial charge is 0.381 e. The third-order valence-electron chi connectivity index (χ3n) is 2.74. The second-order valence-corrected chi connectivity index (χ2v) is 3.70. The van der Waals surface area contributed by atoms with E-state index in [1.807, 2.05) is 12.4 Å². The van der Waals surface area contributed by atoms with Crippen LogP contribution in [-0.4, -0.2) is 23.4 Å². The molecule has 72 valence electrons. The van der Waals surface area contributed by atoms with Crippen LogP contribution in [0.3, 0.4) is 0 Å². The van der Waals surface area contributed by atoms with Gasteiger partial charge in [0.05, 0.1) is 6.20 Å². The van der Waals surface area contributed by atoms with Gasteiger partial charge in [-0.25, -0.2) is 0 Å². The fourth-order valence-corrected chi connectivity index (χ4v) is 1.82. The number of H-pyrrole nitrogens is 1. The van der Waals surface area contributed by atoms with Crippen LogP contribution >= 0.6 is 0 Å². The van der Waals surface area contributed by atoms with Crippen LogP contribution in [0.5, 0.6) is 0 Å². The standard InChI is InChI=1S/C10H16N2O/c1(2-10-7-11-12-8-10)9-3-5-13-6-4-9/h7-9H,1-6H2,(H,11,12). The van der Waals surface area contributed by atoms with Crippen LogP contribution in [0, 0.1) is 5.92 Å². The molecule has 0 aromatic carbocycles. The van der Waals surface area contributed by atoms with Crippen molar-refractivity contribution >= 4 is 0 Å². The van der Waals surface area contributed by atoms with E-state index in [0.717, 1.165) is 25.6 Å². The summed E-state index contributed by atoms with van der Waals surface area (Å²) in [6, 6.07) is 0. The molecule has 0 saturated carbocycles. The zero-order valence-corrected chi connectivity index (χ0v) is 7.83. The van der Waals surface area contributed by atoms with Gasteiger partial charge in [-0.3, -0.25) is 5.10 Å². The number of hydrogen-bond donors (Lipinski definition) is 1. The number of aromatic nitrogens is 2. The molecule has 0 unspecified atom stereocenters. The van der Waals surface area contributed by atoms with E-state index in [1.165, 1.54) is 24.8 Å². The van der Waals surface area contributed by atoms with Crippen LogP contribution in [0.15, 0.2) is 12.4 Å². The number of aryl methyl sites for hydroxylation is 1. The highest BCUT2D eigenvalue weighted by Crippen LogP contribution is 2.20. The first-order chi connectivity index (χ1) is 6.45. The smallest absolute Gasteiger partial charge is 0.0519 e. The predicted octanol–water partition coefficient (Wildman–Crippen LogP) is 1.77. The van der Waals surface area contributed by atoms with Crippen LogP contribution in [0.25, 0.3) is 0 Å². The molecule has 0 spiro atoms. The van der Waals surface area contributed by atoms with Gasteiger partial charge in [-0.1, -0.05) is 0 Å². The lowest BCUT2D eigenvalue weighted by Crippen LogP contribution is -2.16. The summed E-state index contributed by atoms with van der Waals surface area (Å²) in [6.07, 6.45) is 8.80. The van der Waals surface area contributed by atoms with Crippen molar-refractivity contribution in [3.63, 3.8) is 0 Å². The summed E-state index contributed by atoms with van der Waals surface area (Å²) in [6.45, 7) is 1.91. The molecule has 1 N–H and O–H groups in total. The SMILES string of the molecule is c1n[nH]cc1CCC1CCOCC1. The topological polar surface area (TPSA) is 37.9 Å². The lowest BCUT2D eigenvalue weighted by atomic mass is 9.94. The monoisotopic (exact) mass is 180 g/mol. The highest BCUT2D eigenvalue weighted by Gasteiger charge is 2.13. The molecular weight excluding hydrogens is 164 g/mol. The summed E-state index contributed by atoms with van der Waals surface area (Å²) in [5.41, 5.74) is 1.33. The van der Waals surface area contributed by atoms with Crippen molar-refractivity contribution in [3.8, 4) is 0 Å². The van der Waals surface area contributed by atoms with E-state index < -0.39 is 0 Å². The van der Waals surface area contributed by atoms with E-state index in [2.05, 4.69) is 10.2 Å². The number of nitrogens with zero attached hydrogens (tertiary/aromatic N) is 1. The highest BCUT2D eigenvalue weighted by molar-refractivity contribution is 5.02. The molecule has 1 aliphatic heterocycles. The summed E-state index contributed by atoms with van der Waals surface area (Å²) < 4.78 is 5.32. The van der Waals surface area contributed by atoms with Gasteiger partial charge < -0.3 is 4.74 Å². The number of nitrogens with one attached hydrogen (secondary N) is 1. The van der Waals surface area contributed by atoms with Gasteiger partial charge >= 0.3 is 0 Å². The number of hydrogen-bond acceptors (Lipinski definition) is 2.